The number of carbonyl (C=O) groups is 1. The molecule has 0 bridgehead atoms. The highest BCUT2D eigenvalue weighted by Gasteiger charge is 2.27. The first-order chi connectivity index (χ1) is 7.20. The number of ketones is 1. The molecule has 1 fully saturated rings. The Kier molecular flexibility index (Phi) is 3.45. The van der Waals surface area contributed by atoms with Gasteiger partial charge in [0.15, 0.2) is 10.4 Å². The van der Waals surface area contributed by atoms with E-state index in [1.807, 2.05) is 0 Å². The average molecular weight is 290 g/mol. The van der Waals surface area contributed by atoms with Crippen molar-refractivity contribution in [2.45, 2.75) is 24.5 Å². The van der Waals surface area contributed by atoms with E-state index in [0.717, 1.165) is 18.6 Å². The number of rotatable bonds is 2. The Morgan fingerprint density at radius 3 is 2.93 bits per heavy atom. The van der Waals surface area contributed by atoms with Crippen LogP contribution in [-0.2, 0) is 7.05 Å². The van der Waals surface area contributed by atoms with Gasteiger partial charge in [-0.25, -0.2) is 4.68 Å². The first-order valence-corrected chi connectivity index (χ1v) is 6.75. The molecule has 0 amide bonds. The first kappa shape index (κ1) is 11.1. The molecule has 1 saturated heterocycles. The van der Waals surface area contributed by atoms with Gasteiger partial charge in [0, 0.05) is 7.05 Å². The van der Waals surface area contributed by atoms with Crippen molar-refractivity contribution in [3.63, 3.8) is 0 Å². The summed E-state index contributed by atoms with van der Waals surface area (Å²) >= 11 is 5.01. The van der Waals surface area contributed by atoms with Crippen molar-refractivity contribution < 1.29 is 4.79 Å². The van der Waals surface area contributed by atoms with Crippen molar-refractivity contribution in [1.82, 2.24) is 15.0 Å². The summed E-state index contributed by atoms with van der Waals surface area (Å²) in [7, 11) is 1.75. The molecule has 0 N–H and O–H groups in total. The second-order valence-electron chi connectivity index (χ2n) is 3.57. The Labute approximate surface area is 101 Å². The predicted molar refractivity (Wildman–Crippen MR) is 63.1 cm³/mol. The van der Waals surface area contributed by atoms with Crippen LogP contribution >= 0.6 is 27.7 Å². The molecule has 15 heavy (non-hydrogen) atoms. The molecular weight excluding hydrogens is 278 g/mol. The lowest BCUT2D eigenvalue weighted by Crippen LogP contribution is -2.23. The summed E-state index contributed by atoms with van der Waals surface area (Å²) in [4.78, 5) is 12.2. The lowest BCUT2D eigenvalue weighted by Gasteiger charge is -2.19. The van der Waals surface area contributed by atoms with Gasteiger partial charge in [-0.15, -0.1) is 5.10 Å². The molecule has 0 aliphatic carbocycles. The molecule has 1 aliphatic rings. The monoisotopic (exact) mass is 289 g/mol. The van der Waals surface area contributed by atoms with Gasteiger partial charge in [0.1, 0.15) is 5.69 Å². The quantitative estimate of drug-likeness (QED) is 0.782. The number of halogens is 1. The zero-order chi connectivity index (χ0) is 10.8. The molecule has 1 atom stereocenters. The van der Waals surface area contributed by atoms with Crippen LogP contribution in [0.25, 0.3) is 0 Å². The second kappa shape index (κ2) is 4.65. The molecule has 1 aliphatic heterocycles. The summed E-state index contributed by atoms with van der Waals surface area (Å²) in [5.74, 6) is 1.23. The van der Waals surface area contributed by atoms with Gasteiger partial charge in [-0.05, 0) is 34.5 Å². The number of Topliss-reactive ketones (excluding diaryl/α,β-unsaturated/α-hetero) is 1. The fourth-order valence-corrected chi connectivity index (χ4v) is 3.47. The largest absolute Gasteiger partial charge is 0.291 e. The highest BCUT2D eigenvalue weighted by atomic mass is 79.9. The van der Waals surface area contributed by atoms with Gasteiger partial charge in [-0.1, -0.05) is 11.6 Å². The molecular formula is C9H12BrN3OS. The summed E-state index contributed by atoms with van der Waals surface area (Å²) in [6.07, 6.45) is 3.34. The highest BCUT2D eigenvalue weighted by molar-refractivity contribution is 9.10. The Bertz CT molecular complexity index is 354. The van der Waals surface area contributed by atoms with Crippen LogP contribution in [0.1, 0.15) is 29.8 Å². The summed E-state index contributed by atoms with van der Waals surface area (Å²) in [6, 6.07) is 0. The van der Waals surface area contributed by atoms with Crippen molar-refractivity contribution in [2.75, 3.05) is 5.75 Å². The number of hydrogen-bond donors (Lipinski definition) is 0. The van der Waals surface area contributed by atoms with E-state index in [2.05, 4.69) is 26.2 Å². The number of nitrogens with zero attached hydrogens (tertiary/aromatic N) is 3. The van der Waals surface area contributed by atoms with Crippen molar-refractivity contribution in [3.05, 3.63) is 10.3 Å². The van der Waals surface area contributed by atoms with Crippen molar-refractivity contribution >= 4 is 33.5 Å². The molecule has 0 aromatic carbocycles. The van der Waals surface area contributed by atoms with Crippen LogP contribution < -0.4 is 0 Å². The fraction of sp³-hybridized carbons (Fsp3) is 0.667. The van der Waals surface area contributed by atoms with Crippen LogP contribution in [0.15, 0.2) is 4.60 Å². The number of hydrogen-bond acceptors (Lipinski definition) is 4. The summed E-state index contributed by atoms with van der Waals surface area (Å²) in [5.41, 5.74) is 0.592. The molecule has 2 rings (SSSR count). The summed E-state index contributed by atoms with van der Waals surface area (Å²) < 4.78 is 2.10. The van der Waals surface area contributed by atoms with Crippen LogP contribution in [-0.4, -0.2) is 31.8 Å². The summed E-state index contributed by atoms with van der Waals surface area (Å²) in [6.45, 7) is 0. The minimum absolute atomic E-state index is 0.0900. The van der Waals surface area contributed by atoms with Gasteiger partial charge in [-0.3, -0.25) is 4.79 Å². The lowest BCUT2D eigenvalue weighted by atomic mass is 10.1. The molecule has 0 spiro atoms. The fourth-order valence-electron chi connectivity index (χ4n) is 1.69. The minimum atomic E-state index is 0.0900. The maximum Gasteiger partial charge on any atom is 0.196 e. The third-order valence-electron chi connectivity index (χ3n) is 2.49. The number of carbonyl (C=O) groups excluding carboxylic acids is 1. The SMILES string of the molecule is Cn1nnc(Br)c1C(=O)C1CCCCS1. The molecule has 1 unspecified atom stereocenters. The molecule has 1 aromatic heterocycles. The van der Waals surface area contributed by atoms with Gasteiger partial charge < -0.3 is 0 Å². The maximum absolute atomic E-state index is 12.2. The van der Waals surface area contributed by atoms with Crippen molar-refractivity contribution in [3.8, 4) is 0 Å². The van der Waals surface area contributed by atoms with E-state index in [-0.39, 0.29) is 11.0 Å². The Morgan fingerprint density at radius 2 is 2.40 bits per heavy atom. The number of thioether (sulfide) groups is 1. The zero-order valence-electron chi connectivity index (χ0n) is 8.44. The zero-order valence-corrected chi connectivity index (χ0v) is 10.8. The topological polar surface area (TPSA) is 47.8 Å². The normalized spacial score (nSPS) is 21.6. The predicted octanol–water partition coefficient (Wildman–Crippen LogP) is 2.05. The summed E-state index contributed by atoms with van der Waals surface area (Å²) in [5, 5.41) is 7.74. The third kappa shape index (κ3) is 2.25. The molecule has 2 heterocycles. The van der Waals surface area contributed by atoms with E-state index in [1.165, 1.54) is 6.42 Å². The average Bonchev–Trinajstić information content (AvgIpc) is 2.59. The number of aryl methyl sites for hydroxylation is 1. The van der Waals surface area contributed by atoms with Gasteiger partial charge in [0.2, 0.25) is 0 Å². The van der Waals surface area contributed by atoms with E-state index in [0.29, 0.717) is 10.3 Å². The minimum Gasteiger partial charge on any atom is -0.291 e. The maximum atomic E-state index is 12.2. The van der Waals surface area contributed by atoms with Crippen molar-refractivity contribution in [2.24, 2.45) is 7.05 Å². The third-order valence-corrected chi connectivity index (χ3v) is 4.40. The van der Waals surface area contributed by atoms with Crippen LogP contribution in [0.4, 0.5) is 0 Å². The smallest absolute Gasteiger partial charge is 0.196 e. The standard InChI is InChI=1S/C9H12BrN3OS/c1-13-7(9(10)11-12-13)8(14)6-4-2-3-5-15-6/h6H,2-5H2,1H3. The van der Waals surface area contributed by atoms with E-state index in [1.54, 1.807) is 23.5 Å². The molecule has 1 aromatic rings. The number of aromatic nitrogens is 3. The molecule has 0 saturated carbocycles. The first-order valence-electron chi connectivity index (χ1n) is 4.91. The van der Waals surface area contributed by atoms with Crippen LogP contribution in [0.3, 0.4) is 0 Å². The highest BCUT2D eigenvalue weighted by Crippen LogP contribution is 2.29. The van der Waals surface area contributed by atoms with Crippen LogP contribution in [0, 0.1) is 0 Å². The van der Waals surface area contributed by atoms with Gasteiger partial charge in [-0.2, -0.15) is 11.8 Å². The van der Waals surface area contributed by atoms with Crippen LogP contribution in [0.2, 0.25) is 0 Å². The Morgan fingerprint density at radius 1 is 1.60 bits per heavy atom. The Hall–Kier alpha value is -0.360. The second-order valence-corrected chi connectivity index (χ2v) is 5.63. The molecule has 0 radical (unpaired) electrons. The Balaban J connectivity index is 2.19. The van der Waals surface area contributed by atoms with E-state index in [9.17, 15) is 4.79 Å². The van der Waals surface area contributed by atoms with Gasteiger partial charge in [0.05, 0.1) is 5.25 Å². The van der Waals surface area contributed by atoms with Gasteiger partial charge in [0.25, 0.3) is 0 Å². The van der Waals surface area contributed by atoms with E-state index < -0.39 is 0 Å². The van der Waals surface area contributed by atoms with Crippen LogP contribution in [0.5, 0.6) is 0 Å². The lowest BCUT2D eigenvalue weighted by molar-refractivity contribution is 0.0975. The molecule has 82 valence electrons. The molecule has 6 heteroatoms. The van der Waals surface area contributed by atoms with Gasteiger partial charge >= 0.3 is 0 Å². The van der Waals surface area contributed by atoms with Crippen molar-refractivity contribution in [1.29, 1.82) is 0 Å². The molecule has 4 nitrogen and oxygen atoms in total. The van der Waals surface area contributed by atoms with E-state index in [4.69, 9.17) is 0 Å². The van der Waals surface area contributed by atoms with E-state index >= 15 is 0 Å².